The molecule has 0 amide bonds. The maximum atomic E-state index is 5.31. The van der Waals surface area contributed by atoms with Crippen LogP contribution < -0.4 is 4.74 Å². The van der Waals surface area contributed by atoms with E-state index in [4.69, 9.17) is 9.26 Å². The van der Waals surface area contributed by atoms with Gasteiger partial charge in [0.05, 0.1) is 28.8 Å². The topological polar surface area (TPSA) is 76.8 Å². The highest BCUT2D eigenvalue weighted by atomic mass is 79.9. The van der Waals surface area contributed by atoms with Crippen molar-refractivity contribution < 1.29 is 9.26 Å². The van der Waals surface area contributed by atoms with E-state index >= 15 is 0 Å². The second kappa shape index (κ2) is 6.58. The molecule has 122 valence electrons. The van der Waals surface area contributed by atoms with Gasteiger partial charge in [-0.15, -0.1) is 11.3 Å². The maximum absolute atomic E-state index is 5.31. The van der Waals surface area contributed by atoms with E-state index in [-0.39, 0.29) is 0 Å². The van der Waals surface area contributed by atoms with Gasteiger partial charge in [-0.3, -0.25) is 0 Å². The first-order chi connectivity index (χ1) is 11.7. The number of aromatic nitrogens is 4. The van der Waals surface area contributed by atoms with Crippen molar-refractivity contribution in [2.24, 2.45) is 0 Å². The number of nitrogens with one attached hydrogen (secondary N) is 1. The molecule has 6 nitrogen and oxygen atoms in total. The van der Waals surface area contributed by atoms with E-state index in [0.29, 0.717) is 17.5 Å². The van der Waals surface area contributed by atoms with Crippen molar-refractivity contribution in [1.82, 2.24) is 20.1 Å². The monoisotopic (exact) mass is 422 g/mol. The molecule has 0 radical (unpaired) electrons. The lowest BCUT2D eigenvalue weighted by atomic mass is 10.3. The molecule has 1 N–H and O–H groups in total. The Morgan fingerprint density at radius 3 is 3.04 bits per heavy atom. The number of H-pyrrole nitrogens is 1. The van der Waals surface area contributed by atoms with E-state index in [9.17, 15) is 0 Å². The van der Waals surface area contributed by atoms with Crippen LogP contribution in [0.3, 0.4) is 0 Å². The molecule has 0 aliphatic heterocycles. The standard InChI is InChI=1S/C15H11BrN4O2S2/c1-21-9-2-3-10-11(5-9)18-15(17-10)24-7-13-19-14(20-22-13)12-4-8(16)6-23-12/h2-6H,7H2,1H3,(H,17,18). The van der Waals surface area contributed by atoms with Crippen molar-refractivity contribution >= 4 is 50.1 Å². The molecule has 0 aliphatic carbocycles. The zero-order chi connectivity index (χ0) is 16.5. The molecule has 1 aromatic carbocycles. The first kappa shape index (κ1) is 15.7. The molecule has 0 bridgehead atoms. The van der Waals surface area contributed by atoms with Crippen LogP contribution in [0.25, 0.3) is 21.7 Å². The molecule has 9 heteroatoms. The van der Waals surface area contributed by atoms with Gasteiger partial charge in [0, 0.05) is 15.9 Å². The zero-order valence-corrected chi connectivity index (χ0v) is 15.7. The van der Waals surface area contributed by atoms with Gasteiger partial charge in [0.15, 0.2) is 5.16 Å². The fraction of sp³-hybridized carbons (Fsp3) is 0.133. The van der Waals surface area contributed by atoms with Gasteiger partial charge in [0.25, 0.3) is 0 Å². The van der Waals surface area contributed by atoms with E-state index in [1.165, 1.54) is 11.8 Å². The minimum Gasteiger partial charge on any atom is -0.497 e. The summed E-state index contributed by atoms with van der Waals surface area (Å²) in [5.74, 6) is 2.52. The number of methoxy groups -OCH3 is 1. The van der Waals surface area contributed by atoms with Gasteiger partial charge in [0.2, 0.25) is 11.7 Å². The van der Waals surface area contributed by atoms with E-state index in [1.807, 2.05) is 29.6 Å². The summed E-state index contributed by atoms with van der Waals surface area (Å²) in [6, 6.07) is 7.71. The van der Waals surface area contributed by atoms with Crippen LogP contribution in [0.15, 0.2) is 43.8 Å². The van der Waals surface area contributed by atoms with Crippen molar-refractivity contribution in [3.63, 3.8) is 0 Å². The van der Waals surface area contributed by atoms with Crippen molar-refractivity contribution in [2.45, 2.75) is 10.9 Å². The molecule has 0 aliphatic rings. The highest BCUT2D eigenvalue weighted by Crippen LogP contribution is 2.29. The summed E-state index contributed by atoms with van der Waals surface area (Å²) < 4.78 is 11.5. The Morgan fingerprint density at radius 2 is 2.25 bits per heavy atom. The molecular weight excluding hydrogens is 412 g/mol. The number of aromatic amines is 1. The van der Waals surface area contributed by atoms with Gasteiger partial charge in [-0.05, 0) is 34.1 Å². The number of imidazole rings is 1. The predicted octanol–water partition coefficient (Wildman–Crippen LogP) is 4.74. The molecule has 4 aromatic rings. The van der Waals surface area contributed by atoms with Gasteiger partial charge in [-0.25, -0.2) is 4.98 Å². The molecule has 24 heavy (non-hydrogen) atoms. The second-order valence-corrected chi connectivity index (χ2v) is 7.65. The summed E-state index contributed by atoms with van der Waals surface area (Å²) in [4.78, 5) is 13.2. The average molecular weight is 423 g/mol. The first-order valence-electron chi connectivity index (χ1n) is 6.95. The summed E-state index contributed by atoms with van der Waals surface area (Å²) in [6.45, 7) is 0. The van der Waals surface area contributed by atoms with Gasteiger partial charge < -0.3 is 14.2 Å². The molecule has 0 spiro atoms. The minimum atomic E-state index is 0.552. The molecule has 0 fully saturated rings. The van der Waals surface area contributed by atoms with Crippen molar-refractivity contribution in [3.8, 4) is 16.5 Å². The van der Waals surface area contributed by atoms with Crippen LogP contribution in [0.1, 0.15) is 5.89 Å². The highest BCUT2D eigenvalue weighted by molar-refractivity contribution is 9.10. The molecule has 4 rings (SSSR count). The Morgan fingerprint density at radius 1 is 1.33 bits per heavy atom. The van der Waals surface area contributed by atoms with Crippen molar-refractivity contribution in [2.75, 3.05) is 7.11 Å². The van der Waals surface area contributed by atoms with E-state index in [2.05, 4.69) is 36.0 Å². The zero-order valence-electron chi connectivity index (χ0n) is 12.4. The van der Waals surface area contributed by atoms with Crippen LogP contribution in [0, 0.1) is 0 Å². The quantitative estimate of drug-likeness (QED) is 0.468. The van der Waals surface area contributed by atoms with Crippen molar-refractivity contribution in [1.29, 1.82) is 0 Å². The van der Waals surface area contributed by atoms with Crippen molar-refractivity contribution in [3.05, 3.63) is 40.0 Å². The number of rotatable bonds is 5. The number of ether oxygens (including phenoxy) is 1. The first-order valence-corrected chi connectivity index (χ1v) is 9.60. The number of thiophene rings is 1. The summed E-state index contributed by atoms with van der Waals surface area (Å²) in [5.41, 5.74) is 1.83. The maximum Gasteiger partial charge on any atom is 0.237 e. The molecule has 0 saturated carbocycles. The third-order valence-corrected chi connectivity index (χ3v) is 5.80. The Kier molecular flexibility index (Phi) is 4.30. The molecule has 0 saturated heterocycles. The highest BCUT2D eigenvalue weighted by Gasteiger charge is 2.12. The summed E-state index contributed by atoms with van der Waals surface area (Å²) in [6.07, 6.45) is 0. The van der Waals surface area contributed by atoms with E-state index in [0.717, 1.165) is 31.3 Å². The van der Waals surface area contributed by atoms with Crippen LogP contribution in [-0.4, -0.2) is 27.2 Å². The number of thioether (sulfide) groups is 1. The third kappa shape index (κ3) is 3.19. The lowest BCUT2D eigenvalue weighted by Crippen LogP contribution is -1.82. The molecular formula is C15H11BrN4O2S2. The SMILES string of the molecule is COc1ccc2nc(SCc3nc(-c4cc(Br)cs4)no3)[nH]c2c1. The van der Waals surface area contributed by atoms with Gasteiger partial charge in [0.1, 0.15) is 5.75 Å². The lowest BCUT2D eigenvalue weighted by Gasteiger charge is -1.96. The Hall–Kier alpha value is -1.84. The fourth-order valence-electron chi connectivity index (χ4n) is 2.13. The van der Waals surface area contributed by atoms with Crippen LogP contribution in [0.2, 0.25) is 0 Å². The number of benzene rings is 1. The largest absolute Gasteiger partial charge is 0.497 e. The normalized spacial score (nSPS) is 11.2. The summed E-state index contributed by atoms with van der Waals surface area (Å²) >= 11 is 6.51. The second-order valence-electron chi connectivity index (χ2n) is 4.85. The fourth-order valence-corrected chi connectivity index (χ4v) is 4.21. The van der Waals surface area contributed by atoms with E-state index < -0.39 is 0 Å². The number of hydrogen-bond donors (Lipinski definition) is 1. The van der Waals surface area contributed by atoms with E-state index in [1.54, 1.807) is 18.4 Å². The number of halogens is 1. The summed E-state index contributed by atoms with van der Waals surface area (Å²) in [5, 5.41) is 6.81. The van der Waals surface area contributed by atoms with Gasteiger partial charge in [-0.2, -0.15) is 4.98 Å². The van der Waals surface area contributed by atoms with Crippen LogP contribution in [0.4, 0.5) is 0 Å². The molecule has 3 heterocycles. The smallest absolute Gasteiger partial charge is 0.237 e. The Labute approximate surface area is 153 Å². The average Bonchev–Trinajstić information content (AvgIpc) is 3.30. The lowest BCUT2D eigenvalue weighted by molar-refractivity contribution is 0.391. The predicted molar refractivity (Wildman–Crippen MR) is 97.5 cm³/mol. The van der Waals surface area contributed by atoms with Crippen LogP contribution >= 0.6 is 39.0 Å². The van der Waals surface area contributed by atoms with Crippen LogP contribution in [0.5, 0.6) is 5.75 Å². The van der Waals surface area contributed by atoms with Gasteiger partial charge >= 0.3 is 0 Å². The Bertz CT molecular complexity index is 994. The minimum absolute atomic E-state index is 0.552. The molecule has 0 unspecified atom stereocenters. The molecule has 0 atom stereocenters. The third-order valence-electron chi connectivity index (χ3n) is 3.26. The number of nitrogens with zero attached hydrogens (tertiary/aromatic N) is 3. The Balaban J connectivity index is 1.48. The van der Waals surface area contributed by atoms with Crippen LogP contribution in [-0.2, 0) is 5.75 Å². The van der Waals surface area contributed by atoms with Gasteiger partial charge in [-0.1, -0.05) is 16.9 Å². The number of fused-ring (bicyclic) bond motifs is 1. The number of hydrogen-bond acceptors (Lipinski definition) is 7. The molecule has 3 aromatic heterocycles. The summed E-state index contributed by atoms with van der Waals surface area (Å²) in [7, 11) is 1.65.